The molecule has 0 spiro atoms. The van der Waals surface area contributed by atoms with Crippen LogP contribution in [0.25, 0.3) is 0 Å². The highest BCUT2D eigenvalue weighted by atomic mass is 79.9. The van der Waals surface area contributed by atoms with Crippen molar-refractivity contribution in [3.05, 3.63) is 22.2 Å². The zero-order valence-corrected chi connectivity index (χ0v) is 12.0. The number of methoxy groups -OCH3 is 1. The third-order valence-electron chi connectivity index (χ3n) is 2.59. The van der Waals surface area contributed by atoms with Crippen LogP contribution in [0.4, 0.5) is 11.4 Å². The summed E-state index contributed by atoms with van der Waals surface area (Å²) in [6, 6.07) is 3.24. The maximum Gasteiger partial charge on any atom is 0.337 e. The number of nitrogens with one attached hydrogen (secondary N) is 1. The van der Waals surface area contributed by atoms with E-state index in [0.717, 1.165) is 10.9 Å². The second kappa shape index (κ2) is 6.61. The first-order valence-electron chi connectivity index (χ1n) is 5.57. The Morgan fingerprint density at radius 2 is 2.28 bits per heavy atom. The highest BCUT2D eigenvalue weighted by molar-refractivity contribution is 9.10. The Balaban J connectivity index is 3.01. The minimum absolute atomic E-state index is 0.0907. The van der Waals surface area contributed by atoms with Crippen molar-refractivity contribution in [2.45, 2.75) is 19.4 Å². The lowest BCUT2D eigenvalue weighted by molar-refractivity contribution is 0.0698. The van der Waals surface area contributed by atoms with E-state index in [1.165, 1.54) is 6.07 Å². The molecule has 0 aromatic heterocycles. The summed E-state index contributed by atoms with van der Waals surface area (Å²) in [6.45, 7) is 2.58. The maximum absolute atomic E-state index is 11.0. The van der Waals surface area contributed by atoms with Gasteiger partial charge >= 0.3 is 5.97 Å². The number of nitrogens with two attached hydrogens (primary N) is 1. The van der Waals surface area contributed by atoms with Crippen molar-refractivity contribution in [3.8, 4) is 0 Å². The number of ether oxygens (including phenoxy) is 1. The molecule has 0 aliphatic rings. The molecule has 6 heteroatoms. The Hall–Kier alpha value is -1.27. The Kier molecular flexibility index (Phi) is 5.43. The number of rotatable bonds is 6. The number of hydrogen-bond donors (Lipinski definition) is 3. The number of aromatic carboxylic acids is 1. The van der Waals surface area contributed by atoms with Gasteiger partial charge in [0.25, 0.3) is 0 Å². The Labute approximate surface area is 114 Å². The standard InChI is InChI=1S/C12H17BrN2O3/c1-3-7(6-18-2)15-11-4-8(12(16)17)10(14)5-9(11)13/h4-5,7,15H,3,6,14H2,1-2H3,(H,16,17). The van der Waals surface area contributed by atoms with E-state index in [9.17, 15) is 4.79 Å². The third kappa shape index (κ3) is 3.61. The van der Waals surface area contributed by atoms with Gasteiger partial charge in [0.05, 0.1) is 12.2 Å². The summed E-state index contributed by atoms with van der Waals surface area (Å²) in [7, 11) is 1.63. The molecule has 0 aliphatic carbocycles. The fraction of sp³-hybridized carbons (Fsp3) is 0.417. The molecule has 4 N–H and O–H groups in total. The minimum atomic E-state index is -1.04. The predicted molar refractivity (Wildman–Crippen MR) is 75.1 cm³/mol. The molecule has 0 fully saturated rings. The summed E-state index contributed by atoms with van der Waals surface area (Å²) in [5.74, 6) is -1.04. The van der Waals surface area contributed by atoms with Crippen LogP contribution in [0.2, 0.25) is 0 Å². The van der Waals surface area contributed by atoms with Gasteiger partial charge in [0, 0.05) is 29.0 Å². The molecule has 5 nitrogen and oxygen atoms in total. The molecule has 0 aliphatic heterocycles. The summed E-state index contributed by atoms with van der Waals surface area (Å²) >= 11 is 3.36. The Bertz CT molecular complexity index is 438. The molecule has 18 heavy (non-hydrogen) atoms. The molecule has 1 rings (SSSR count). The van der Waals surface area contributed by atoms with E-state index >= 15 is 0 Å². The van der Waals surface area contributed by atoms with Gasteiger partial charge in [0.15, 0.2) is 0 Å². The average Bonchev–Trinajstić information content (AvgIpc) is 2.31. The summed E-state index contributed by atoms with van der Waals surface area (Å²) in [5, 5.41) is 12.3. The van der Waals surface area contributed by atoms with E-state index in [2.05, 4.69) is 21.2 Å². The van der Waals surface area contributed by atoms with Crippen molar-refractivity contribution < 1.29 is 14.6 Å². The second-order valence-electron chi connectivity index (χ2n) is 3.93. The minimum Gasteiger partial charge on any atom is -0.478 e. The van der Waals surface area contributed by atoms with E-state index in [0.29, 0.717) is 12.3 Å². The van der Waals surface area contributed by atoms with E-state index < -0.39 is 5.97 Å². The van der Waals surface area contributed by atoms with Gasteiger partial charge in [-0.05, 0) is 34.5 Å². The van der Waals surface area contributed by atoms with Crippen LogP contribution >= 0.6 is 15.9 Å². The first-order chi connectivity index (χ1) is 8.49. The summed E-state index contributed by atoms with van der Waals surface area (Å²) in [5.41, 5.74) is 6.68. The molecule has 0 saturated heterocycles. The first-order valence-corrected chi connectivity index (χ1v) is 6.36. The Morgan fingerprint density at radius 1 is 1.61 bits per heavy atom. The lowest BCUT2D eigenvalue weighted by Gasteiger charge is -2.19. The lowest BCUT2D eigenvalue weighted by Crippen LogP contribution is -2.24. The van der Waals surface area contributed by atoms with Crippen molar-refractivity contribution >= 4 is 33.3 Å². The van der Waals surface area contributed by atoms with Crippen LogP contribution in [-0.4, -0.2) is 30.8 Å². The Morgan fingerprint density at radius 3 is 2.78 bits per heavy atom. The van der Waals surface area contributed by atoms with Crippen molar-refractivity contribution in [1.82, 2.24) is 0 Å². The first kappa shape index (κ1) is 14.8. The van der Waals surface area contributed by atoms with Crippen molar-refractivity contribution in [3.63, 3.8) is 0 Å². The van der Waals surface area contributed by atoms with Crippen molar-refractivity contribution in [1.29, 1.82) is 0 Å². The zero-order valence-electron chi connectivity index (χ0n) is 10.4. The van der Waals surface area contributed by atoms with Crippen LogP contribution < -0.4 is 11.1 Å². The molecule has 0 radical (unpaired) electrons. The van der Waals surface area contributed by atoms with Gasteiger partial charge in [0.2, 0.25) is 0 Å². The summed E-state index contributed by atoms with van der Waals surface area (Å²) in [4.78, 5) is 11.0. The van der Waals surface area contributed by atoms with Crippen LogP contribution in [0.15, 0.2) is 16.6 Å². The monoisotopic (exact) mass is 316 g/mol. The fourth-order valence-corrected chi connectivity index (χ4v) is 2.04. The number of carboxylic acid groups (broad SMARTS) is 1. The predicted octanol–water partition coefficient (Wildman–Crippen LogP) is 2.57. The third-order valence-corrected chi connectivity index (χ3v) is 3.25. The van der Waals surface area contributed by atoms with Crippen molar-refractivity contribution in [2.24, 2.45) is 0 Å². The summed E-state index contributed by atoms with van der Waals surface area (Å²) in [6.07, 6.45) is 0.868. The van der Waals surface area contributed by atoms with Crippen LogP contribution in [0.3, 0.4) is 0 Å². The normalized spacial score (nSPS) is 12.2. The quantitative estimate of drug-likeness (QED) is 0.702. The molecule has 0 saturated carbocycles. The molecule has 0 bridgehead atoms. The van der Waals surface area contributed by atoms with Gasteiger partial charge in [-0.1, -0.05) is 6.92 Å². The van der Waals surface area contributed by atoms with Crippen LogP contribution in [-0.2, 0) is 4.74 Å². The molecule has 1 aromatic rings. The van der Waals surface area contributed by atoms with Crippen LogP contribution in [0.1, 0.15) is 23.7 Å². The molecule has 0 amide bonds. The SMILES string of the molecule is CCC(COC)Nc1cc(C(=O)O)c(N)cc1Br. The highest BCUT2D eigenvalue weighted by Crippen LogP contribution is 2.29. The molecule has 0 heterocycles. The maximum atomic E-state index is 11.0. The van der Waals surface area contributed by atoms with E-state index in [4.69, 9.17) is 15.6 Å². The van der Waals surface area contributed by atoms with Gasteiger partial charge < -0.3 is 20.9 Å². The van der Waals surface area contributed by atoms with Gasteiger partial charge in [-0.2, -0.15) is 0 Å². The summed E-state index contributed by atoms with van der Waals surface area (Å²) < 4.78 is 5.83. The molecule has 1 unspecified atom stereocenters. The molecule has 1 atom stereocenters. The van der Waals surface area contributed by atoms with E-state index in [1.807, 2.05) is 6.92 Å². The van der Waals surface area contributed by atoms with Gasteiger partial charge in [0.1, 0.15) is 0 Å². The second-order valence-corrected chi connectivity index (χ2v) is 4.78. The largest absolute Gasteiger partial charge is 0.478 e. The topological polar surface area (TPSA) is 84.6 Å². The van der Waals surface area contributed by atoms with Crippen LogP contribution in [0, 0.1) is 0 Å². The van der Waals surface area contributed by atoms with Gasteiger partial charge in [-0.25, -0.2) is 4.79 Å². The number of carboxylic acids is 1. The number of nitrogen functional groups attached to an aromatic ring is 1. The number of halogens is 1. The van der Waals surface area contributed by atoms with Gasteiger partial charge in [-0.15, -0.1) is 0 Å². The molecular formula is C12H17BrN2O3. The fourth-order valence-electron chi connectivity index (χ4n) is 1.57. The molecule has 1 aromatic carbocycles. The average molecular weight is 317 g/mol. The lowest BCUT2D eigenvalue weighted by atomic mass is 10.1. The highest BCUT2D eigenvalue weighted by Gasteiger charge is 2.14. The smallest absolute Gasteiger partial charge is 0.337 e. The molecular weight excluding hydrogens is 300 g/mol. The number of benzene rings is 1. The number of carbonyl (C=O) groups is 1. The number of anilines is 2. The van der Waals surface area contributed by atoms with Gasteiger partial charge in [-0.3, -0.25) is 0 Å². The molecule has 100 valence electrons. The zero-order chi connectivity index (χ0) is 13.7. The van der Waals surface area contributed by atoms with E-state index in [1.54, 1.807) is 13.2 Å². The van der Waals surface area contributed by atoms with E-state index in [-0.39, 0.29) is 17.3 Å². The van der Waals surface area contributed by atoms with Crippen molar-refractivity contribution in [2.75, 3.05) is 24.8 Å². The number of hydrogen-bond acceptors (Lipinski definition) is 4. The van der Waals surface area contributed by atoms with Crippen LogP contribution in [0.5, 0.6) is 0 Å².